The Kier molecular flexibility index (Phi) is 4.00. The number of phenols is 1. The largest absolute Gasteiger partial charge is 0.507 e. The van der Waals surface area contributed by atoms with Crippen LogP contribution in [-0.4, -0.2) is 28.3 Å². The van der Waals surface area contributed by atoms with E-state index in [4.69, 9.17) is 9.84 Å². The summed E-state index contributed by atoms with van der Waals surface area (Å²) in [5.74, 6) is -0.251. The lowest BCUT2D eigenvalue weighted by Crippen LogP contribution is -1.96. The monoisotopic (exact) mass is 271 g/mol. The lowest BCUT2D eigenvalue weighted by Gasteiger charge is -2.03. The fraction of sp³-hybridized carbons (Fsp3) is 0.0667. The molecule has 0 aliphatic carbocycles. The van der Waals surface area contributed by atoms with Crippen LogP contribution in [0, 0.1) is 0 Å². The van der Waals surface area contributed by atoms with Crippen molar-refractivity contribution in [2.24, 2.45) is 0 Å². The predicted octanol–water partition coefficient (Wildman–Crippen LogP) is 2.66. The molecule has 0 aliphatic heterocycles. The smallest absolute Gasteiger partial charge is 0.337 e. The first-order valence-electron chi connectivity index (χ1n) is 5.84. The second-order valence-electron chi connectivity index (χ2n) is 4.03. The van der Waals surface area contributed by atoms with Crippen molar-refractivity contribution in [3.8, 4) is 11.5 Å². The number of aromatic hydroxyl groups is 1. The highest BCUT2D eigenvalue weighted by atomic mass is 16.5. The van der Waals surface area contributed by atoms with Crippen LogP contribution in [0.4, 0.5) is 0 Å². The van der Waals surface area contributed by atoms with Gasteiger partial charge in [-0.05, 0) is 42.5 Å². The van der Waals surface area contributed by atoms with Crippen LogP contribution in [0.25, 0.3) is 12.2 Å². The highest BCUT2D eigenvalue weighted by molar-refractivity contribution is 5.87. The average molecular weight is 271 g/mol. The summed E-state index contributed by atoms with van der Waals surface area (Å²) >= 11 is 0. The van der Waals surface area contributed by atoms with Crippen LogP contribution < -0.4 is 4.74 Å². The molecule has 2 rings (SSSR count). The molecule has 0 unspecified atom stereocenters. The van der Waals surface area contributed by atoms with E-state index in [2.05, 4.69) is 4.98 Å². The molecule has 0 aliphatic rings. The van der Waals surface area contributed by atoms with Gasteiger partial charge in [-0.25, -0.2) is 4.79 Å². The minimum Gasteiger partial charge on any atom is -0.507 e. The van der Waals surface area contributed by atoms with E-state index in [0.29, 0.717) is 17.0 Å². The zero-order valence-electron chi connectivity index (χ0n) is 10.8. The Morgan fingerprint density at radius 2 is 2.05 bits per heavy atom. The number of methoxy groups -OCH3 is 1. The molecule has 0 radical (unpaired) electrons. The maximum atomic E-state index is 10.7. The number of rotatable bonds is 4. The average Bonchev–Trinajstić information content (AvgIpc) is 2.47. The minimum absolute atomic E-state index is 0.129. The SMILES string of the molecule is COc1ccc(O)c(/C=C/c2ccc(C(=O)O)cn2)c1. The van der Waals surface area contributed by atoms with Gasteiger partial charge in [0, 0.05) is 11.8 Å². The van der Waals surface area contributed by atoms with Crippen LogP contribution in [-0.2, 0) is 0 Å². The van der Waals surface area contributed by atoms with Gasteiger partial charge in [0.05, 0.1) is 18.4 Å². The van der Waals surface area contributed by atoms with Crippen molar-refractivity contribution in [1.29, 1.82) is 0 Å². The zero-order valence-corrected chi connectivity index (χ0v) is 10.8. The first-order valence-corrected chi connectivity index (χ1v) is 5.84. The van der Waals surface area contributed by atoms with Crippen LogP contribution in [0.2, 0.25) is 0 Å². The molecule has 0 spiro atoms. The topological polar surface area (TPSA) is 79.7 Å². The molecule has 0 atom stereocenters. The Morgan fingerprint density at radius 3 is 2.65 bits per heavy atom. The summed E-state index contributed by atoms with van der Waals surface area (Å²) < 4.78 is 5.08. The van der Waals surface area contributed by atoms with Gasteiger partial charge in [-0.15, -0.1) is 0 Å². The third-order valence-electron chi connectivity index (χ3n) is 2.70. The van der Waals surface area contributed by atoms with Crippen LogP contribution in [0.5, 0.6) is 11.5 Å². The number of carbonyl (C=O) groups is 1. The van der Waals surface area contributed by atoms with Crippen molar-refractivity contribution in [2.75, 3.05) is 7.11 Å². The highest BCUT2D eigenvalue weighted by Crippen LogP contribution is 2.24. The number of pyridine rings is 1. The van der Waals surface area contributed by atoms with Crippen molar-refractivity contribution in [3.05, 3.63) is 53.3 Å². The van der Waals surface area contributed by atoms with Crippen molar-refractivity contribution in [2.45, 2.75) is 0 Å². The van der Waals surface area contributed by atoms with Crippen molar-refractivity contribution >= 4 is 18.1 Å². The first-order chi connectivity index (χ1) is 9.60. The molecule has 20 heavy (non-hydrogen) atoms. The van der Waals surface area contributed by atoms with Gasteiger partial charge in [-0.2, -0.15) is 0 Å². The third-order valence-corrected chi connectivity index (χ3v) is 2.70. The van der Waals surface area contributed by atoms with E-state index in [9.17, 15) is 9.90 Å². The maximum Gasteiger partial charge on any atom is 0.337 e. The number of hydrogen-bond donors (Lipinski definition) is 2. The first kappa shape index (κ1) is 13.6. The molecule has 0 saturated carbocycles. The van der Waals surface area contributed by atoms with Crippen LogP contribution in [0.15, 0.2) is 36.5 Å². The summed E-state index contributed by atoms with van der Waals surface area (Å²) in [4.78, 5) is 14.7. The lowest BCUT2D eigenvalue weighted by molar-refractivity contribution is 0.0696. The van der Waals surface area contributed by atoms with Gasteiger partial charge in [-0.1, -0.05) is 0 Å². The third kappa shape index (κ3) is 3.14. The van der Waals surface area contributed by atoms with E-state index in [1.165, 1.54) is 12.3 Å². The summed E-state index contributed by atoms with van der Waals surface area (Å²) in [6.07, 6.45) is 4.65. The Hall–Kier alpha value is -2.82. The Labute approximate surface area is 115 Å². The number of hydrogen-bond acceptors (Lipinski definition) is 4. The van der Waals surface area contributed by atoms with E-state index in [1.807, 2.05) is 0 Å². The van der Waals surface area contributed by atoms with Gasteiger partial charge < -0.3 is 14.9 Å². The Morgan fingerprint density at radius 1 is 1.25 bits per heavy atom. The minimum atomic E-state index is -1.02. The number of carboxylic acid groups (broad SMARTS) is 1. The second-order valence-corrected chi connectivity index (χ2v) is 4.03. The van der Waals surface area contributed by atoms with Crippen LogP contribution in [0.3, 0.4) is 0 Å². The number of benzene rings is 1. The van der Waals surface area contributed by atoms with Gasteiger partial charge in [0.2, 0.25) is 0 Å². The molecular weight excluding hydrogens is 258 g/mol. The molecule has 0 saturated heterocycles. The summed E-state index contributed by atoms with van der Waals surface area (Å²) in [7, 11) is 1.55. The van der Waals surface area contributed by atoms with E-state index in [0.717, 1.165) is 0 Å². The number of phenolic OH excluding ortho intramolecular Hbond substituents is 1. The predicted molar refractivity (Wildman–Crippen MR) is 74.8 cm³/mol. The number of carboxylic acids is 1. The molecule has 1 heterocycles. The van der Waals surface area contributed by atoms with E-state index in [1.54, 1.807) is 43.5 Å². The molecule has 102 valence electrons. The number of ether oxygens (including phenoxy) is 1. The molecule has 0 bridgehead atoms. The fourth-order valence-corrected chi connectivity index (χ4v) is 1.60. The van der Waals surface area contributed by atoms with Gasteiger partial charge >= 0.3 is 5.97 Å². The maximum absolute atomic E-state index is 10.7. The molecule has 1 aromatic heterocycles. The molecule has 0 amide bonds. The van der Waals surface area contributed by atoms with Crippen molar-refractivity contribution < 1.29 is 19.7 Å². The fourth-order valence-electron chi connectivity index (χ4n) is 1.60. The highest BCUT2D eigenvalue weighted by Gasteiger charge is 2.02. The summed E-state index contributed by atoms with van der Waals surface area (Å²) in [5.41, 5.74) is 1.32. The number of aromatic nitrogens is 1. The van der Waals surface area contributed by atoms with Crippen LogP contribution in [0.1, 0.15) is 21.6 Å². The van der Waals surface area contributed by atoms with Crippen molar-refractivity contribution in [3.63, 3.8) is 0 Å². The quantitative estimate of drug-likeness (QED) is 0.893. The van der Waals surface area contributed by atoms with Gasteiger partial charge in [-0.3, -0.25) is 4.98 Å². The number of aromatic carboxylic acids is 1. The summed E-state index contributed by atoms with van der Waals surface area (Å²) in [6.45, 7) is 0. The van der Waals surface area contributed by atoms with Gasteiger partial charge in [0.25, 0.3) is 0 Å². The normalized spacial score (nSPS) is 10.7. The van der Waals surface area contributed by atoms with Crippen molar-refractivity contribution in [1.82, 2.24) is 4.98 Å². The standard InChI is InChI=1S/C15H13NO4/c1-20-13-6-7-14(17)10(8-13)2-4-12-5-3-11(9-16-12)15(18)19/h2-9,17H,1H3,(H,18,19)/b4-2+. The Bertz CT molecular complexity index is 647. The molecule has 5 heteroatoms. The molecular formula is C15H13NO4. The molecule has 2 aromatic rings. The number of nitrogens with zero attached hydrogens (tertiary/aromatic N) is 1. The van der Waals surface area contributed by atoms with Crippen LogP contribution >= 0.6 is 0 Å². The Balaban J connectivity index is 2.22. The van der Waals surface area contributed by atoms with Gasteiger partial charge in [0.15, 0.2) is 0 Å². The molecule has 2 N–H and O–H groups in total. The summed E-state index contributed by atoms with van der Waals surface area (Å²) in [5, 5.41) is 18.5. The summed E-state index contributed by atoms with van der Waals surface area (Å²) in [6, 6.07) is 7.96. The molecule has 0 fully saturated rings. The van der Waals surface area contributed by atoms with E-state index in [-0.39, 0.29) is 11.3 Å². The zero-order chi connectivity index (χ0) is 14.5. The lowest BCUT2D eigenvalue weighted by atomic mass is 10.1. The van der Waals surface area contributed by atoms with Gasteiger partial charge in [0.1, 0.15) is 11.5 Å². The second kappa shape index (κ2) is 5.88. The molecule has 5 nitrogen and oxygen atoms in total. The van der Waals surface area contributed by atoms with E-state index < -0.39 is 5.97 Å². The molecule has 1 aromatic carbocycles. The van der Waals surface area contributed by atoms with E-state index >= 15 is 0 Å².